The highest BCUT2D eigenvalue weighted by atomic mass is 14.9. The molecular formula is C35H61N2+. The number of rotatable bonds is 18. The van der Waals surface area contributed by atoms with Crippen LogP contribution in [0.4, 0.5) is 0 Å². The average molecular weight is 510 g/mol. The fraction of sp³-hybridized carbons (Fsp3) is 0.714. The van der Waals surface area contributed by atoms with Crippen molar-refractivity contribution in [2.24, 2.45) is 0 Å². The summed E-state index contributed by atoms with van der Waals surface area (Å²) in [6, 6.07) is 8.49. The number of pyridine rings is 2. The van der Waals surface area contributed by atoms with Crippen LogP contribution in [0.25, 0.3) is 0 Å². The first-order valence-electron chi connectivity index (χ1n) is 15.8. The molecule has 210 valence electrons. The number of aromatic nitrogens is 2. The molecule has 0 bridgehead atoms. The minimum atomic E-state index is 0.515. The Balaban J connectivity index is 0.000000397. The van der Waals surface area contributed by atoms with Crippen molar-refractivity contribution >= 4 is 0 Å². The highest BCUT2D eigenvalue weighted by molar-refractivity contribution is 5.36. The molecule has 2 nitrogen and oxygen atoms in total. The summed E-state index contributed by atoms with van der Waals surface area (Å²) in [5.74, 6) is 1.66. The first kappa shape index (κ1) is 33.3. The summed E-state index contributed by atoms with van der Waals surface area (Å²) in [6.07, 6.45) is 26.4. The Morgan fingerprint density at radius 1 is 0.595 bits per heavy atom. The van der Waals surface area contributed by atoms with Crippen LogP contribution in [0.2, 0.25) is 0 Å². The van der Waals surface area contributed by atoms with Gasteiger partial charge in [0.2, 0.25) is 0 Å². The molecule has 2 aromatic rings. The van der Waals surface area contributed by atoms with E-state index in [1.165, 1.54) is 113 Å². The van der Waals surface area contributed by atoms with Crippen molar-refractivity contribution in [3.05, 3.63) is 59.7 Å². The summed E-state index contributed by atoms with van der Waals surface area (Å²) in [7, 11) is 0. The normalized spacial score (nSPS) is 11.3. The van der Waals surface area contributed by atoms with Crippen molar-refractivity contribution in [1.29, 1.82) is 0 Å². The first-order chi connectivity index (χ1) is 17.9. The van der Waals surface area contributed by atoms with Gasteiger partial charge in [-0.1, -0.05) is 132 Å². The topological polar surface area (TPSA) is 16.8 Å². The van der Waals surface area contributed by atoms with E-state index in [0.29, 0.717) is 17.8 Å². The van der Waals surface area contributed by atoms with Crippen molar-refractivity contribution in [3.63, 3.8) is 0 Å². The van der Waals surface area contributed by atoms with Crippen molar-refractivity contribution in [3.8, 4) is 0 Å². The molecule has 2 aromatic heterocycles. The van der Waals surface area contributed by atoms with Gasteiger partial charge >= 0.3 is 0 Å². The summed E-state index contributed by atoms with van der Waals surface area (Å²) in [5.41, 5.74) is 4.20. The van der Waals surface area contributed by atoms with E-state index in [1.54, 1.807) is 0 Å². The molecular weight excluding hydrogens is 448 g/mol. The van der Waals surface area contributed by atoms with E-state index in [0.717, 1.165) is 0 Å². The average Bonchev–Trinajstić information content (AvgIpc) is 2.89. The first-order valence-corrected chi connectivity index (χ1v) is 15.8. The predicted molar refractivity (Wildman–Crippen MR) is 163 cm³/mol. The third-order valence-electron chi connectivity index (χ3n) is 7.35. The van der Waals surface area contributed by atoms with Crippen LogP contribution < -0.4 is 4.57 Å². The molecule has 0 radical (unpaired) electrons. The number of aryl methyl sites for hydroxylation is 1. The van der Waals surface area contributed by atoms with Gasteiger partial charge in [0, 0.05) is 30.4 Å². The maximum atomic E-state index is 4.54. The van der Waals surface area contributed by atoms with E-state index in [-0.39, 0.29) is 0 Å². The van der Waals surface area contributed by atoms with Crippen molar-refractivity contribution in [2.45, 2.75) is 163 Å². The third-order valence-corrected chi connectivity index (χ3v) is 7.35. The zero-order valence-electron chi connectivity index (χ0n) is 25.8. The van der Waals surface area contributed by atoms with Gasteiger partial charge in [0.1, 0.15) is 6.54 Å². The number of nitrogens with zero attached hydrogens (tertiary/aromatic N) is 2. The van der Waals surface area contributed by atoms with Crippen molar-refractivity contribution in [2.75, 3.05) is 0 Å². The molecule has 0 aliphatic carbocycles. The fourth-order valence-electron chi connectivity index (χ4n) is 5.17. The van der Waals surface area contributed by atoms with E-state index >= 15 is 0 Å². The molecule has 0 aromatic carbocycles. The van der Waals surface area contributed by atoms with Crippen LogP contribution in [0.1, 0.15) is 173 Å². The number of hydrogen-bond acceptors (Lipinski definition) is 1. The van der Waals surface area contributed by atoms with E-state index in [9.17, 15) is 0 Å². The molecule has 2 heterocycles. The Bertz CT molecular complexity index is 753. The Hall–Kier alpha value is -1.70. The smallest absolute Gasteiger partial charge is 0.168 e. The Labute approximate surface area is 231 Å². The molecule has 37 heavy (non-hydrogen) atoms. The quantitative estimate of drug-likeness (QED) is 0.144. The van der Waals surface area contributed by atoms with Crippen molar-refractivity contribution in [1.82, 2.24) is 4.98 Å². The Morgan fingerprint density at radius 2 is 1.08 bits per heavy atom. The maximum Gasteiger partial charge on any atom is 0.168 e. The van der Waals surface area contributed by atoms with Gasteiger partial charge in [-0.15, -0.1) is 0 Å². The second kappa shape index (κ2) is 21.3. The van der Waals surface area contributed by atoms with E-state index in [2.05, 4.69) is 94.7 Å². The summed E-state index contributed by atoms with van der Waals surface area (Å²) < 4.78 is 2.29. The monoisotopic (exact) mass is 509 g/mol. The molecule has 2 rings (SSSR count). The molecule has 0 aliphatic rings. The SMILES string of the molecule is CC(C)c1ccnc(C(C)C)c1C(C)C.CCCCCCCCCCCCCCCC[n+]1ccccc1. The molecule has 0 aliphatic heterocycles. The van der Waals surface area contributed by atoms with Gasteiger partial charge < -0.3 is 0 Å². The molecule has 0 fully saturated rings. The third kappa shape index (κ3) is 15.3. The van der Waals surface area contributed by atoms with Crippen LogP contribution in [-0.4, -0.2) is 4.98 Å². The highest BCUT2D eigenvalue weighted by Crippen LogP contribution is 2.31. The molecule has 0 atom stereocenters. The summed E-state index contributed by atoms with van der Waals surface area (Å²) in [5, 5.41) is 0. The fourth-order valence-corrected chi connectivity index (χ4v) is 5.17. The van der Waals surface area contributed by atoms with Gasteiger partial charge in [-0.3, -0.25) is 4.98 Å². The second-order valence-electron chi connectivity index (χ2n) is 11.9. The second-order valence-corrected chi connectivity index (χ2v) is 11.9. The van der Waals surface area contributed by atoms with Gasteiger partial charge in [0.05, 0.1) is 0 Å². The molecule has 0 saturated heterocycles. The van der Waals surface area contributed by atoms with Crippen molar-refractivity contribution < 1.29 is 4.57 Å². The zero-order valence-corrected chi connectivity index (χ0v) is 25.8. The summed E-state index contributed by atoms with van der Waals surface area (Å²) in [6.45, 7) is 16.9. The number of hydrogen-bond donors (Lipinski definition) is 0. The minimum absolute atomic E-state index is 0.515. The van der Waals surface area contributed by atoms with Gasteiger partial charge in [0.15, 0.2) is 12.4 Å². The van der Waals surface area contributed by atoms with Crippen LogP contribution in [0.15, 0.2) is 42.9 Å². The largest absolute Gasteiger partial charge is 0.261 e. The van der Waals surface area contributed by atoms with Crippen LogP contribution in [0.5, 0.6) is 0 Å². The Morgan fingerprint density at radius 3 is 1.51 bits per heavy atom. The van der Waals surface area contributed by atoms with Crippen LogP contribution >= 0.6 is 0 Å². The lowest BCUT2D eigenvalue weighted by Crippen LogP contribution is -2.32. The van der Waals surface area contributed by atoms with Gasteiger partial charge in [-0.05, 0) is 41.4 Å². The molecule has 0 N–H and O–H groups in total. The lowest BCUT2D eigenvalue weighted by molar-refractivity contribution is -0.697. The van der Waals surface area contributed by atoms with E-state index < -0.39 is 0 Å². The van der Waals surface area contributed by atoms with Gasteiger partial charge in [0.25, 0.3) is 0 Å². The Kier molecular flexibility index (Phi) is 19.1. The van der Waals surface area contributed by atoms with Gasteiger partial charge in [-0.25, -0.2) is 4.57 Å². The lowest BCUT2D eigenvalue weighted by atomic mass is 9.87. The van der Waals surface area contributed by atoms with Crippen LogP contribution in [0.3, 0.4) is 0 Å². The van der Waals surface area contributed by atoms with Crippen LogP contribution in [0, 0.1) is 0 Å². The molecule has 0 spiro atoms. The lowest BCUT2D eigenvalue weighted by Gasteiger charge is -2.21. The predicted octanol–water partition coefficient (Wildman–Crippen LogP) is 10.9. The maximum absolute atomic E-state index is 4.54. The van der Waals surface area contributed by atoms with Crippen LogP contribution in [-0.2, 0) is 6.54 Å². The summed E-state index contributed by atoms with van der Waals surface area (Å²) in [4.78, 5) is 4.54. The minimum Gasteiger partial charge on any atom is -0.261 e. The van der Waals surface area contributed by atoms with Gasteiger partial charge in [-0.2, -0.15) is 0 Å². The summed E-state index contributed by atoms with van der Waals surface area (Å²) >= 11 is 0. The standard InChI is InChI=1S/C21H38N.C14H23N/c1-2-3-4-5-6-7-8-9-10-11-12-13-14-16-19-22-20-17-15-18-21-22;1-9(2)12-7-8-15-14(11(5)6)13(12)10(3)4/h15,17-18,20-21H,2-14,16,19H2,1H3;7-11H,1-6H3/q+1;. The number of unbranched alkanes of at least 4 members (excludes halogenated alkanes) is 13. The zero-order chi connectivity index (χ0) is 27.3. The molecule has 0 saturated carbocycles. The van der Waals surface area contributed by atoms with E-state index in [4.69, 9.17) is 0 Å². The molecule has 2 heteroatoms. The molecule has 0 amide bonds. The molecule has 0 unspecified atom stereocenters. The van der Waals surface area contributed by atoms with E-state index in [1.807, 2.05) is 6.20 Å². The highest BCUT2D eigenvalue weighted by Gasteiger charge is 2.17.